The molecular formula is C16H24N2O. The summed E-state index contributed by atoms with van der Waals surface area (Å²) in [5.74, 6) is 0.736. The minimum absolute atomic E-state index is 0.145. The lowest BCUT2D eigenvalue weighted by molar-refractivity contribution is 0.0764. The van der Waals surface area contributed by atoms with Crippen molar-refractivity contribution < 1.29 is 4.79 Å². The van der Waals surface area contributed by atoms with Gasteiger partial charge in [-0.3, -0.25) is 4.79 Å². The number of hydrogen-bond donors (Lipinski definition) is 1. The minimum Gasteiger partial charge on any atom is -0.341 e. The zero-order valence-electron chi connectivity index (χ0n) is 12.2. The van der Waals surface area contributed by atoms with Crippen molar-refractivity contribution in [3.63, 3.8) is 0 Å². The number of rotatable bonds is 3. The standard InChI is InChI=1S/C16H24N2O/c1-12-6-7-13(2)15(9-12)16(19)18(3)11-14-5-4-8-17-10-14/h6-7,9,14,17H,4-5,8,10-11H2,1-3H3. The topological polar surface area (TPSA) is 32.3 Å². The lowest BCUT2D eigenvalue weighted by Gasteiger charge is -2.28. The molecule has 1 aliphatic rings. The molecule has 104 valence electrons. The fourth-order valence-corrected chi connectivity index (χ4v) is 2.72. The minimum atomic E-state index is 0.145. The monoisotopic (exact) mass is 260 g/mol. The Morgan fingerprint density at radius 1 is 1.42 bits per heavy atom. The van der Waals surface area contributed by atoms with Gasteiger partial charge in [-0.1, -0.05) is 17.7 Å². The molecule has 1 fully saturated rings. The van der Waals surface area contributed by atoms with Crippen molar-refractivity contribution in [2.75, 3.05) is 26.7 Å². The molecule has 1 atom stereocenters. The van der Waals surface area contributed by atoms with Gasteiger partial charge in [0.2, 0.25) is 0 Å². The molecule has 19 heavy (non-hydrogen) atoms. The van der Waals surface area contributed by atoms with Crippen LogP contribution in [0.1, 0.15) is 34.3 Å². The molecule has 0 bridgehead atoms. The lowest BCUT2D eigenvalue weighted by Crippen LogP contribution is -2.39. The number of carbonyl (C=O) groups is 1. The van der Waals surface area contributed by atoms with Crippen LogP contribution in [0.15, 0.2) is 18.2 Å². The van der Waals surface area contributed by atoms with Crippen LogP contribution in [-0.4, -0.2) is 37.5 Å². The van der Waals surface area contributed by atoms with Gasteiger partial charge < -0.3 is 10.2 Å². The third kappa shape index (κ3) is 3.57. The summed E-state index contributed by atoms with van der Waals surface area (Å²) in [6, 6.07) is 6.07. The molecule has 0 radical (unpaired) electrons. The predicted octanol–water partition coefficient (Wildman–Crippen LogP) is 2.38. The average Bonchev–Trinajstić information content (AvgIpc) is 2.42. The van der Waals surface area contributed by atoms with Gasteiger partial charge in [-0.15, -0.1) is 0 Å². The molecule has 2 rings (SSSR count). The first kappa shape index (κ1) is 14.1. The number of nitrogens with one attached hydrogen (secondary N) is 1. The summed E-state index contributed by atoms with van der Waals surface area (Å²) in [7, 11) is 1.92. The van der Waals surface area contributed by atoms with Gasteiger partial charge >= 0.3 is 0 Å². The van der Waals surface area contributed by atoms with Gasteiger partial charge in [0.15, 0.2) is 0 Å². The molecule has 1 unspecified atom stereocenters. The van der Waals surface area contributed by atoms with Crippen molar-refractivity contribution >= 4 is 5.91 Å². The maximum absolute atomic E-state index is 12.5. The van der Waals surface area contributed by atoms with E-state index in [1.807, 2.05) is 37.9 Å². The molecule has 1 N–H and O–H groups in total. The summed E-state index contributed by atoms with van der Waals surface area (Å²) in [5.41, 5.74) is 3.04. The molecule has 1 saturated heterocycles. The lowest BCUT2D eigenvalue weighted by atomic mass is 9.98. The van der Waals surface area contributed by atoms with Crippen LogP contribution in [0, 0.1) is 19.8 Å². The predicted molar refractivity (Wildman–Crippen MR) is 78.5 cm³/mol. The SMILES string of the molecule is Cc1ccc(C)c(C(=O)N(C)CC2CCCNC2)c1. The molecule has 0 aliphatic carbocycles. The summed E-state index contributed by atoms with van der Waals surface area (Å²) < 4.78 is 0. The highest BCUT2D eigenvalue weighted by Crippen LogP contribution is 2.16. The van der Waals surface area contributed by atoms with E-state index in [9.17, 15) is 4.79 Å². The first-order chi connectivity index (χ1) is 9.08. The Kier molecular flexibility index (Phi) is 4.59. The van der Waals surface area contributed by atoms with Crippen LogP contribution < -0.4 is 5.32 Å². The van der Waals surface area contributed by atoms with E-state index >= 15 is 0 Å². The largest absolute Gasteiger partial charge is 0.341 e. The first-order valence-electron chi connectivity index (χ1n) is 7.11. The van der Waals surface area contributed by atoms with Crippen LogP contribution in [0.2, 0.25) is 0 Å². The fraction of sp³-hybridized carbons (Fsp3) is 0.562. The summed E-state index contributed by atoms with van der Waals surface area (Å²) in [6.45, 7) is 7.03. The number of nitrogens with zero attached hydrogens (tertiary/aromatic N) is 1. The Bertz CT molecular complexity index is 450. The molecule has 1 heterocycles. The van der Waals surface area contributed by atoms with E-state index in [4.69, 9.17) is 0 Å². The summed E-state index contributed by atoms with van der Waals surface area (Å²) in [6.07, 6.45) is 2.44. The van der Waals surface area contributed by atoms with Gasteiger partial charge in [-0.25, -0.2) is 0 Å². The molecular weight excluding hydrogens is 236 g/mol. The van der Waals surface area contributed by atoms with Crippen LogP contribution in [0.3, 0.4) is 0 Å². The molecule has 0 saturated carbocycles. The third-order valence-corrected chi connectivity index (χ3v) is 3.90. The van der Waals surface area contributed by atoms with E-state index in [1.54, 1.807) is 0 Å². The van der Waals surface area contributed by atoms with E-state index < -0.39 is 0 Å². The van der Waals surface area contributed by atoms with Crippen LogP contribution in [0.5, 0.6) is 0 Å². The van der Waals surface area contributed by atoms with Crippen LogP contribution in [0.4, 0.5) is 0 Å². The molecule has 0 aromatic heterocycles. The van der Waals surface area contributed by atoms with Crippen molar-refractivity contribution in [3.05, 3.63) is 34.9 Å². The maximum Gasteiger partial charge on any atom is 0.253 e. The average molecular weight is 260 g/mol. The van der Waals surface area contributed by atoms with E-state index in [-0.39, 0.29) is 5.91 Å². The number of carbonyl (C=O) groups excluding carboxylic acids is 1. The van der Waals surface area contributed by atoms with Gasteiger partial charge in [-0.05, 0) is 57.3 Å². The Balaban J connectivity index is 2.03. The van der Waals surface area contributed by atoms with Gasteiger partial charge in [0, 0.05) is 19.2 Å². The van der Waals surface area contributed by atoms with Crippen LogP contribution >= 0.6 is 0 Å². The van der Waals surface area contributed by atoms with Gasteiger partial charge in [0.25, 0.3) is 5.91 Å². The van der Waals surface area contributed by atoms with Gasteiger partial charge in [0.05, 0.1) is 0 Å². The second-order valence-corrected chi connectivity index (χ2v) is 5.72. The first-order valence-corrected chi connectivity index (χ1v) is 7.11. The molecule has 1 aliphatic heterocycles. The summed E-state index contributed by atoms with van der Waals surface area (Å²) in [4.78, 5) is 14.4. The van der Waals surface area contributed by atoms with E-state index in [2.05, 4.69) is 11.4 Å². The highest BCUT2D eigenvalue weighted by molar-refractivity contribution is 5.95. The molecule has 3 heteroatoms. The van der Waals surface area contributed by atoms with Crippen LogP contribution in [-0.2, 0) is 0 Å². The second kappa shape index (κ2) is 6.20. The number of aryl methyl sites for hydroxylation is 2. The molecule has 1 amide bonds. The van der Waals surface area contributed by atoms with Crippen molar-refractivity contribution in [2.24, 2.45) is 5.92 Å². The van der Waals surface area contributed by atoms with E-state index in [0.29, 0.717) is 5.92 Å². The smallest absolute Gasteiger partial charge is 0.253 e. The zero-order valence-corrected chi connectivity index (χ0v) is 12.2. The van der Waals surface area contributed by atoms with Crippen molar-refractivity contribution in [1.29, 1.82) is 0 Å². The van der Waals surface area contributed by atoms with Crippen LogP contribution in [0.25, 0.3) is 0 Å². The summed E-state index contributed by atoms with van der Waals surface area (Å²) >= 11 is 0. The Morgan fingerprint density at radius 3 is 2.89 bits per heavy atom. The second-order valence-electron chi connectivity index (χ2n) is 5.72. The van der Waals surface area contributed by atoms with Crippen molar-refractivity contribution in [3.8, 4) is 0 Å². The van der Waals surface area contributed by atoms with Crippen molar-refractivity contribution in [2.45, 2.75) is 26.7 Å². The zero-order chi connectivity index (χ0) is 13.8. The molecule has 0 spiro atoms. The van der Waals surface area contributed by atoms with E-state index in [1.165, 1.54) is 12.8 Å². The quantitative estimate of drug-likeness (QED) is 0.905. The normalized spacial score (nSPS) is 19.2. The third-order valence-electron chi connectivity index (χ3n) is 3.90. The van der Waals surface area contributed by atoms with Gasteiger partial charge in [-0.2, -0.15) is 0 Å². The number of hydrogen-bond acceptors (Lipinski definition) is 2. The Labute approximate surface area is 116 Å². The van der Waals surface area contributed by atoms with Gasteiger partial charge in [0.1, 0.15) is 0 Å². The maximum atomic E-state index is 12.5. The highest BCUT2D eigenvalue weighted by Gasteiger charge is 2.19. The van der Waals surface area contributed by atoms with E-state index in [0.717, 1.165) is 36.3 Å². The Morgan fingerprint density at radius 2 is 2.21 bits per heavy atom. The number of amides is 1. The molecule has 1 aromatic carbocycles. The number of piperidine rings is 1. The highest BCUT2D eigenvalue weighted by atomic mass is 16.2. The number of benzene rings is 1. The summed E-state index contributed by atoms with van der Waals surface area (Å²) in [5, 5.41) is 3.40. The van der Waals surface area contributed by atoms with Crippen molar-refractivity contribution in [1.82, 2.24) is 10.2 Å². The molecule has 1 aromatic rings. The fourth-order valence-electron chi connectivity index (χ4n) is 2.72. The Hall–Kier alpha value is -1.35. The molecule has 3 nitrogen and oxygen atoms in total.